The second-order valence-electron chi connectivity index (χ2n) is 5.45. The maximum absolute atomic E-state index is 11.5. The highest BCUT2D eigenvalue weighted by atomic mass is 16.2. The molecule has 0 spiro atoms. The number of carbonyl (C=O) groups excluding carboxylic acids is 1. The van der Waals surface area contributed by atoms with Crippen molar-refractivity contribution in [1.29, 1.82) is 0 Å². The second-order valence-corrected chi connectivity index (χ2v) is 5.45. The quantitative estimate of drug-likeness (QED) is 0.485. The fraction of sp³-hybridized carbons (Fsp3) is 0.533. The molecule has 1 amide bonds. The summed E-state index contributed by atoms with van der Waals surface area (Å²) in [4.78, 5) is 16.4. The zero-order valence-electron chi connectivity index (χ0n) is 12.3. The van der Waals surface area contributed by atoms with Crippen LogP contribution >= 0.6 is 0 Å². The number of nitrogens with two attached hydrogens (primary N) is 1. The van der Waals surface area contributed by atoms with Crippen molar-refractivity contribution in [3.8, 4) is 0 Å². The number of piperazine rings is 1. The topological polar surface area (TPSA) is 61.6 Å². The summed E-state index contributed by atoms with van der Waals surface area (Å²) >= 11 is 0. The molecule has 1 fully saturated rings. The van der Waals surface area contributed by atoms with Gasteiger partial charge in [0, 0.05) is 37.8 Å². The van der Waals surface area contributed by atoms with Gasteiger partial charge < -0.3 is 4.90 Å². The molecule has 0 bridgehead atoms. The summed E-state index contributed by atoms with van der Waals surface area (Å²) in [6.45, 7) is 6.37. The SMILES string of the molecule is CCC1CN(Cc2cccc(C(=O)NN)c2)CCN1C. The molecular weight excluding hydrogens is 252 g/mol. The Bertz CT molecular complexity index is 463. The average molecular weight is 276 g/mol. The molecule has 1 aromatic carbocycles. The summed E-state index contributed by atoms with van der Waals surface area (Å²) in [5.74, 6) is 4.94. The molecule has 0 saturated carbocycles. The largest absolute Gasteiger partial charge is 0.301 e. The van der Waals surface area contributed by atoms with Crippen LogP contribution in [0.3, 0.4) is 0 Å². The number of hydrogen-bond acceptors (Lipinski definition) is 4. The second kappa shape index (κ2) is 6.83. The number of hydrogen-bond donors (Lipinski definition) is 2. The number of nitrogens with zero attached hydrogens (tertiary/aromatic N) is 2. The van der Waals surface area contributed by atoms with E-state index in [0.717, 1.165) is 31.7 Å². The van der Waals surface area contributed by atoms with E-state index in [1.165, 1.54) is 6.42 Å². The molecule has 1 unspecified atom stereocenters. The Morgan fingerprint density at radius 1 is 1.45 bits per heavy atom. The molecule has 1 atom stereocenters. The molecule has 3 N–H and O–H groups in total. The summed E-state index contributed by atoms with van der Waals surface area (Å²) < 4.78 is 0. The van der Waals surface area contributed by atoms with Crippen LogP contribution in [0.4, 0.5) is 0 Å². The Balaban J connectivity index is 2.01. The average Bonchev–Trinajstić information content (AvgIpc) is 2.48. The predicted molar refractivity (Wildman–Crippen MR) is 80.1 cm³/mol. The number of rotatable bonds is 4. The van der Waals surface area contributed by atoms with E-state index in [1.54, 1.807) is 6.07 Å². The van der Waals surface area contributed by atoms with Gasteiger partial charge in [-0.1, -0.05) is 19.1 Å². The molecule has 0 aromatic heterocycles. The standard InChI is InChI=1S/C15H24N4O/c1-3-14-11-19(8-7-18(14)2)10-12-5-4-6-13(9-12)15(20)17-16/h4-6,9,14H,3,7-8,10-11,16H2,1-2H3,(H,17,20). The molecule has 110 valence electrons. The number of nitrogens with one attached hydrogen (secondary N) is 1. The minimum absolute atomic E-state index is 0.239. The van der Waals surface area contributed by atoms with E-state index in [0.29, 0.717) is 11.6 Å². The first kappa shape index (κ1) is 15.0. The molecule has 1 saturated heterocycles. The lowest BCUT2D eigenvalue weighted by atomic mass is 10.1. The third-order valence-electron chi connectivity index (χ3n) is 4.06. The van der Waals surface area contributed by atoms with Crippen molar-refractivity contribution in [3.05, 3.63) is 35.4 Å². The van der Waals surface area contributed by atoms with Gasteiger partial charge >= 0.3 is 0 Å². The summed E-state index contributed by atoms with van der Waals surface area (Å²) in [6, 6.07) is 8.30. The van der Waals surface area contributed by atoms with Crippen molar-refractivity contribution in [2.24, 2.45) is 5.84 Å². The molecule has 0 radical (unpaired) electrons. The van der Waals surface area contributed by atoms with Gasteiger partial charge in [0.25, 0.3) is 5.91 Å². The van der Waals surface area contributed by atoms with Crippen LogP contribution in [0.15, 0.2) is 24.3 Å². The van der Waals surface area contributed by atoms with Crippen LogP contribution < -0.4 is 11.3 Å². The van der Waals surface area contributed by atoms with Crippen LogP contribution in [0, 0.1) is 0 Å². The maximum atomic E-state index is 11.5. The van der Waals surface area contributed by atoms with E-state index in [4.69, 9.17) is 5.84 Å². The smallest absolute Gasteiger partial charge is 0.265 e. The molecule has 0 aliphatic carbocycles. The van der Waals surface area contributed by atoms with Gasteiger partial charge in [-0.3, -0.25) is 15.1 Å². The van der Waals surface area contributed by atoms with Crippen molar-refractivity contribution in [3.63, 3.8) is 0 Å². The number of carbonyl (C=O) groups is 1. The molecule has 1 aliphatic heterocycles. The van der Waals surface area contributed by atoms with Gasteiger partial charge in [-0.2, -0.15) is 0 Å². The molecule has 20 heavy (non-hydrogen) atoms. The first-order chi connectivity index (χ1) is 9.63. The van der Waals surface area contributed by atoms with Crippen molar-refractivity contribution >= 4 is 5.91 Å². The van der Waals surface area contributed by atoms with E-state index >= 15 is 0 Å². The Kier molecular flexibility index (Phi) is 5.11. The van der Waals surface area contributed by atoms with Gasteiger partial charge in [0.05, 0.1) is 0 Å². The van der Waals surface area contributed by atoms with Gasteiger partial charge in [-0.15, -0.1) is 0 Å². The van der Waals surface area contributed by atoms with Crippen molar-refractivity contribution in [2.75, 3.05) is 26.7 Å². The number of benzene rings is 1. The highest BCUT2D eigenvalue weighted by Gasteiger charge is 2.22. The van der Waals surface area contributed by atoms with E-state index in [1.807, 2.05) is 12.1 Å². The first-order valence-corrected chi connectivity index (χ1v) is 7.16. The number of hydrazine groups is 1. The lowest BCUT2D eigenvalue weighted by Gasteiger charge is -2.39. The van der Waals surface area contributed by atoms with Crippen LogP contribution in [0.2, 0.25) is 0 Å². The van der Waals surface area contributed by atoms with E-state index in [9.17, 15) is 4.79 Å². The fourth-order valence-electron chi connectivity index (χ4n) is 2.75. The van der Waals surface area contributed by atoms with Gasteiger partial charge in [0.1, 0.15) is 0 Å². The number of likely N-dealkylation sites (N-methyl/N-ethyl adjacent to an activating group) is 1. The van der Waals surface area contributed by atoms with Crippen molar-refractivity contribution < 1.29 is 4.79 Å². The number of amides is 1. The van der Waals surface area contributed by atoms with Crippen LogP contribution in [0.5, 0.6) is 0 Å². The molecule has 1 heterocycles. The lowest BCUT2D eigenvalue weighted by molar-refractivity contribution is 0.0882. The van der Waals surface area contributed by atoms with Crippen LogP contribution in [-0.2, 0) is 6.54 Å². The molecule has 1 aliphatic rings. The molecular formula is C15H24N4O. The first-order valence-electron chi connectivity index (χ1n) is 7.16. The van der Waals surface area contributed by atoms with E-state index in [2.05, 4.69) is 35.3 Å². The summed E-state index contributed by atoms with van der Waals surface area (Å²) in [6.07, 6.45) is 1.17. The monoisotopic (exact) mass is 276 g/mol. The molecule has 2 rings (SSSR count). The summed E-state index contributed by atoms with van der Waals surface area (Å²) in [5.41, 5.74) is 3.95. The molecule has 5 heteroatoms. The molecule has 1 aromatic rings. The lowest BCUT2D eigenvalue weighted by Crippen LogP contribution is -2.50. The van der Waals surface area contributed by atoms with E-state index < -0.39 is 0 Å². The van der Waals surface area contributed by atoms with Crippen molar-refractivity contribution in [1.82, 2.24) is 15.2 Å². The summed E-state index contributed by atoms with van der Waals surface area (Å²) in [5, 5.41) is 0. The Morgan fingerprint density at radius 2 is 2.25 bits per heavy atom. The van der Waals surface area contributed by atoms with Gasteiger partial charge in [0.15, 0.2) is 0 Å². The van der Waals surface area contributed by atoms with Crippen molar-refractivity contribution in [2.45, 2.75) is 25.9 Å². The normalized spacial score (nSPS) is 20.9. The van der Waals surface area contributed by atoms with Gasteiger partial charge in [-0.25, -0.2) is 5.84 Å². The van der Waals surface area contributed by atoms with Gasteiger partial charge in [-0.05, 0) is 31.2 Å². The number of nitrogen functional groups attached to an aromatic ring is 1. The Labute approximate surface area is 120 Å². The van der Waals surface area contributed by atoms with Crippen LogP contribution in [-0.4, -0.2) is 48.4 Å². The third kappa shape index (κ3) is 3.56. The third-order valence-corrected chi connectivity index (χ3v) is 4.06. The zero-order valence-corrected chi connectivity index (χ0v) is 12.3. The fourth-order valence-corrected chi connectivity index (χ4v) is 2.75. The Hall–Kier alpha value is -1.43. The highest BCUT2D eigenvalue weighted by molar-refractivity contribution is 5.93. The summed E-state index contributed by atoms with van der Waals surface area (Å²) in [7, 11) is 2.19. The van der Waals surface area contributed by atoms with Crippen LogP contribution in [0.1, 0.15) is 29.3 Å². The minimum Gasteiger partial charge on any atom is -0.301 e. The van der Waals surface area contributed by atoms with Crippen LogP contribution in [0.25, 0.3) is 0 Å². The predicted octanol–water partition coefficient (Wildman–Crippen LogP) is 0.816. The Morgan fingerprint density at radius 3 is 2.95 bits per heavy atom. The molecule has 5 nitrogen and oxygen atoms in total. The van der Waals surface area contributed by atoms with Gasteiger partial charge in [0.2, 0.25) is 0 Å². The minimum atomic E-state index is -0.239. The highest BCUT2D eigenvalue weighted by Crippen LogP contribution is 2.14. The maximum Gasteiger partial charge on any atom is 0.265 e. The van der Waals surface area contributed by atoms with E-state index in [-0.39, 0.29) is 5.91 Å². The zero-order chi connectivity index (χ0) is 14.5.